The molecule has 8 heteroatoms. The third-order valence-corrected chi connectivity index (χ3v) is 4.69. The SMILES string of the molecule is CC1(O)CN(S(=O)(=O)c2cc(Cl)cc(N)c2F)C1. The van der Waals surface area contributed by atoms with Gasteiger partial charge in [-0.25, -0.2) is 12.8 Å². The third kappa shape index (κ3) is 2.18. The average Bonchev–Trinajstić information content (AvgIpc) is 2.19. The molecule has 1 saturated heterocycles. The predicted molar refractivity (Wildman–Crippen MR) is 65.2 cm³/mol. The van der Waals surface area contributed by atoms with Gasteiger partial charge in [-0.05, 0) is 19.1 Å². The Labute approximate surface area is 109 Å². The molecule has 18 heavy (non-hydrogen) atoms. The molecule has 1 aliphatic rings. The summed E-state index contributed by atoms with van der Waals surface area (Å²) in [5.74, 6) is -1.02. The first kappa shape index (κ1) is 13.5. The van der Waals surface area contributed by atoms with Crippen LogP contribution in [0.5, 0.6) is 0 Å². The zero-order valence-corrected chi connectivity index (χ0v) is 11.1. The highest BCUT2D eigenvalue weighted by Crippen LogP contribution is 2.32. The van der Waals surface area contributed by atoms with Crippen LogP contribution in [0.4, 0.5) is 10.1 Å². The van der Waals surface area contributed by atoms with E-state index < -0.39 is 26.3 Å². The molecule has 0 atom stereocenters. The Kier molecular flexibility index (Phi) is 3.05. The van der Waals surface area contributed by atoms with Gasteiger partial charge in [0.1, 0.15) is 4.90 Å². The number of β-amino-alcohol motifs (C(OH)–C–C–N with tert-alkyl or cyclic N) is 1. The first-order chi connectivity index (χ1) is 8.13. The second kappa shape index (κ2) is 4.06. The molecule has 1 fully saturated rings. The van der Waals surface area contributed by atoms with Crippen molar-refractivity contribution in [2.24, 2.45) is 0 Å². The Morgan fingerprint density at radius 2 is 2.06 bits per heavy atom. The van der Waals surface area contributed by atoms with E-state index in [0.717, 1.165) is 16.4 Å². The number of nitrogen functional groups attached to an aromatic ring is 1. The van der Waals surface area contributed by atoms with Gasteiger partial charge in [0.15, 0.2) is 5.82 Å². The van der Waals surface area contributed by atoms with Crippen molar-refractivity contribution >= 4 is 27.3 Å². The Hall–Kier alpha value is -0.890. The molecule has 1 aliphatic heterocycles. The van der Waals surface area contributed by atoms with Gasteiger partial charge in [-0.15, -0.1) is 0 Å². The van der Waals surface area contributed by atoms with E-state index in [0.29, 0.717) is 0 Å². The highest BCUT2D eigenvalue weighted by atomic mass is 35.5. The van der Waals surface area contributed by atoms with Crippen molar-refractivity contribution in [1.82, 2.24) is 4.31 Å². The lowest BCUT2D eigenvalue weighted by Gasteiger charge is -2.42. The zero-order chi connectivity index (χ0) is 13.7. The molecule has 0 bridgehead atoms. The summed E-state index contributed by atoms with van der Waals surface area (Å²) in [5, 5.41) is 9.56. The van der Waals surface area contributed by atoms with Crippen molar-refractivity contribution in [2.75, 3.05) is 18.8 Å². The molecule has 0 radical (unpaired) electrons. The number of nitrogens with zero attached hydrogens (tertiary/aromatic N) is 1. The van der Waals surface area contributed by atoms with E-state index in [9.17, 15) is 17.9 Å². The van der Waals surface area contributed by atoms with Crippen molar-refractivity contribution in [3.05, 3.63) is 23.0 Å². The van der Waals surface area contributed by atoms with Gasteiger partial charge in [0.25, 0.3) is 0 Å². The van der Waals surface area contributed by atoms with E-state index in [1.54, 1.807) is 0 Å². The van der Waals surface area contributed by atoms with Crippen LogP contribution in [0.15, 0.2) is 17.0 Å². The van der Waals surface area contributed by atoms with E-state index in [1.807, 2.05) is 0 Å². The summed E-state index contributed by atoms with van der Waals surface area (Å²) in [6, 6.07) is 2.15. The summed E-state index contributed by atoms with van der Waals surface area (Å²) in [5.41, 5.74) is 3.94. The molecular formula is C10H12ClFN2O3S. The molecule has 1 aromatic rings. The topological polar surface area (TPSA) is 83.6 Å². The first-order valence-corrected chi connectivity index (χ1v) is 6.92. The molecule has 0 spiro atoms. The fourth-order valence-electron chi connectivity index (χ4n) is 1.79. The number of hydrogen-bond acceptors (Lipinski definition) is 4. The average molecular weight is 295 g/mol. The maximum Gasteiger partial charge on any atom is 0.246 e. The fraction of sp³-hybridized carbons (Fsp3) is 0.400. The number of rotatable bonds is 2. The molecule has 100 valence electrons. The summed E-state index contributed by atoms with van der Waals surface area (Å²) in [7, 11) is -4.02. The van der Waals surface area contributed by atoms with Gasteiger partial charge in [-0.2, -0.15) is 4.31 Å². The van der Waals surface area contributed by atoms with E-state index in [4.69, 9.17) is 17.3 Å². The Balaban J connectivity index is 2.43. The van der Waals surface area contributed by atoms with Gasteiger partial charge in [0, 0.05) is 18.1 Å². The molecule has 0 aromatic heterocycles. The number of benzene rings is 1. The number of halogens is 2. The van der Waals surface area contributed by atoms with Crippen LogP contribution in [0.3, 0.4) is 0 Å². The van der Waals surface area contributed by atoms with E-state index in [2.05, 4.69) is 0 Å². The Morgan fingerprint density at radius 1 is 1.50 bits per heavy atom. The molecule has 0 unspecified atom stereocenters. The molecule has 1 aromatic carbocycles. The first-order valence-electron chi connectivity index (χ1n) is 5.10. The van der Waals surface area contributed by atoms with Crippen molar-refractivity contribution in [3.63, 3.8) is 0 Å². The summed E-state index contributed by atoms with van der Waals surface area (Å²) in [6.07, 6.45) is 0. The van der Waals surface area contributed by atoms with Crippen molar-refractivity contribution in [3.8, 4) is 0 Å². The van der Waals surface area contributed by atoms with E-state index >= 15 is 0 Å². The van der Waals surface area contributed by atoms with Gasteiger partial charge < -0.3 is 10.8 Å². The molecule has 1 heterocycles. The van der Waals surface area contributed by atoms with Crippen LogP contribution in [0.2, 0.25) is 5.02 Å². The molecule has 0 aliphatic carbocycles. The van der Waals surface area contributed by atoms with Crippen molar-refractivity contribution < 1.29 is 17.9 Å². The van der Waals surface area contributed by atoms with E-state index in [-0.39, 0.29) is 23.8 Å². The van der Waals surface area contributed by atoms with Crippen LogP contribution >= 0.6 is 11.6 Å². The van der Waals surface area contributed by atoms with Crippen LogP contribution in [-0.4, -0.2) is 36.5 Å². The summed E-state index contributed by atoms with van der Waals surface area (Å²) in [6.45, 7) is 1.34. The number of hydrogen-bond donors (Lipinski definition) is 2. The minimum atomic E-state index is -4.02. The molecule has 0 saturated carbocycles. The largest absolute Gasteiger partial charge is 0.396 e. The van der Waals surface area contributed by atoms with Crippen LogP contribution in [0, 0.1) is 5.82 Å². The highest BCUT2D eigenvalue weighted by Gasteiger charge is 2.44. The number of nitrogens with two attached hydrogens (primary N) is 1. The predicted octanol–water partition coefficient (Wildman–Crippen LogP) is 0.817. The minimum absolute atomic E-state index is 0.0414. The third-order valence-electron chi connectivity index (χ3n) is 2.68. The van der Waals surface area contributed by atoms with Gasteiger partial charge in [0.05, 0.1) is 11.3 Å². The summed E-state index contributed by atoms with van der Waals surface area (Å²) < 4.78 is 38.9. The molecule has 2 rings (SSSR count). The lowest BCUT2D eigenvalue weighted by atomic mass is 10.0. The van der Waals surface area contributed by atoms with Crippen LogP contribution in [0.1, 0.15) is 6.92 Å². The lowest BCUT2D eigenvalue weighted by molar-refractivity contribution is -0.0427. The van der Waals surface area contributed by atoms with Crippen molar-refractivity contribution in [1.29, 1.82) is 0 Å². The standard InChI is InChI=1S/C10H12ClFN2O3S/c1-10(15)4-14(5-10)18(16,17)8-3-6(11)2-7(13)9(8)12/h2-3,15H,4-5,13H2,1H3. The fourth-order valence-corrected chi connectivity index (χ4v) is 3.88. The van der Waals surface area contributed by atoms with Gasteiger partial charge in [-0.3, -0.25) is 0 Å². The maximum absolute atomic E-state index is 13.7. The van der Waals surface area contributed by atoms with Crippen LogP contribution < -0.4 is 5.73 Å². The molecule has 5 nitrogen and oxygen atoms in total. The van der Waals surface area contributed by atoms with E-state index in [1.165, 1.54) is 6.92 Å². The van der Waals surface area contributed by atoms with Crippen molar-refractivity contribution in [2.45, 2.75) is 17.4 Å². The number of anilines is 1. The number of aliphatic hydroxyl groups is 1. The van der Waals surface area contributed by atoms with Crippen LogP contribution in [0.25, 0.3) is 0 Å². The second-order valence-corrected chi connectivity index (χ2v) is 6.92. The second-order valence-electron chi connectivity index (χ2n) is 4.58. The molecule has 3 N–H and O–H groups in total. The normalized spacial score (nSPS) is 19.6. The summed E-state index contributed by atoms with van der Waals surface area (Å²) in [4.78, 5) is -0.567. The zero-order valence-electron chi connectivity index (χ0n) is 9.52. The smallest absolute Gasteiger partial charge is 0.246 e. The monoisotopic (exact) mass is 294 g/mol. The van der Waals surface area contributed by atoms with Gasteiger partial charge >= 0.3 is 0 Å². The maximum atomic E-state index is 13.7. The highest BCUT2D eigenvalue weighted by molar-refractivity contribution is 7.89. The number of sulfonamides is 1. The Bertz CT molecular complexity index is 595. The summed E-state index contributed by atoms with van der Waals surface area (Å²) >= 11 is 5.67. The quantitative estimate of drug-likeness (QED) is 0.791. The molecular weight excluding hydrogens is 283 g/mol. The minimum Gasteiger partial charge on any atom is -0.396 e. The molecule has 0 amide bonds. The van der Waals surface area contributed by atoms with Crippen LogP contribution in [-0.2, 0) is 10.0 Å². The Morgan fingerprint density at radius 3 is 2.56 bits per heavy atom. The van der Waals surface area contributed by atoms with Gasteiger partial charge in [-0.1, -0.05) is 11.6 Å². The van der Waals surface area contributed by atoms with Gasteiger partial charge in [0.2, 0.25) is 10.0 Å². The lowest BCUT2D eigenvalue weighted by Crippen LogP contribution is -2.61.